The van der Waals surface area contributed by atoms with Gasteiger partial charge in [-0.15, -0.1) is 0 Å². The van der Waals surface area contributed by atoms with Gasteiger partial charge in [0.25, 0.3) is 5.91 Å². The average Bonchev–Trinajstić information content (AvgIpc) is 2.71. The first kappa shape index (κ1) is 15.2. The number of nitrogens with zero attached hydrogens (tertiary/aromatic N) is 1. The molecule has 1 rings (SSSR count). The summed E-state index contributed by atoms with van der Waals surface area (Å²) < 4.78 is 0. The van der Waals surface area contributed by atoms with Gasteiger partial charge in [-0.2, -0.15) is 0 Å². The Morgan fingerprint density at radius 3 is 2.58 bits per heavy atom. The molecule has 0 bridgehead atoms. The summed E-state index contributed by atoms with van der Waals surface area (Å²) in [6, 6.07) is -0.999. The third kappa shape index (κ3) is 4.09. The molecule has 0 saturated carbocycles. The minimum Gasteiger partial charge on any atom is -0.465 e. The summed E-state index contributed by atoms with van der Waals surface area (Å²) >= 11 is 0. The van der Waals surface area contributed by atoms with E-state index in [0.717, 1.165) is 0 Å². The number of carboxylic acid groups (broad SMARTS) is 1. The first-order valence-corrected chi connectivity index (χ1v) is 5.99. The Labute approximate surface area is 110 Å². The molecule has 1 saturated heterocycles. The molecule has 1 aliphatic rings. The number of likely N-dealkylation sites (N-methyl/N-ethyl adjacent to an activating group) is 1. The van der Waals surface area contributed by atoms with E-state index >= 15 is 0 Å². The van der Waals surface area contributed by atoms with Crippen molar-refractivity contribution in [3.8, 4) is 0 Å². The fraction of sp³-hybridized carbons (Fsp3) is 0.727. The van der Waals surface area contributed by atoms with Crippen molar-refractivity contribution < 1.29 is 24.6 Å². The van der Waals surface area contributed by atoms with Crippen LogP contribution in [0.2, 0.25) is 0 Å². The molecule has 0 aromatic carbocycles. The number of hydrogen-bond donors (Lipinski definition) is 4. The SMILES string of the molecule is CN(C)C(=O)C(O)[C@H](CC1CCNC1=O)NC(=O)O. The highest BCUT2D eigenvalue weighted by Gasteiger charge is 2.34. The van der Waals surface area contributed by atoms with E-state index in [2.05, 4.69) is 10.6 Å². The molecule has 0 aromatic rings. The fourth-order valence-electron chi connectivity index (χ4n) is 2.04. The Balaban J connectivity index is 2.73. The van der Waals surface area contributed by atoms with Gasteiger partial charge in [-0.1, -0.05) is 0 Å². The predicted molar refractivity (Wildman–Crippen MR) is 65.4 cm³/mol. The van der Waals surface area contributed by atoms with Gasteiger partial charge in [0.1, 0.15) is 0 Å². The van der Waals surface area contributed by atoms with Crippen LogP contribution in [0, 0.1) is 5.92 Å². The van der Waals surface area contributed by atoms with Crippen LogP contribution >= 0.6 is 0 Å². The summed E-state index contributed by atoms with van der Waals surface area (Å²) in [5.74, 6) is -1.17. The second-order valence-electron chi connectivity index (χ2n) is 4.75. The summed E-state index contributed by atoms with van der Waals surface area (Å²) in [6.45, 7) is 0.529. The van der Waals surface area contributed by atoms with E-state index in [1.54, 1.807) is 0 Å². The first-order valence-electron chi connectivity index (χ1n) is 5.99. The highest BCUT2D eigenvalue weighted by molar-refractivity contribution is 5.83. The molecule has 108 valence electrons. The highest BCUT2D eigenvalue weighted by Crippen LogP contribution is 2.18. The first-order chi connectivity index (χ1) is 8.82. The number of carbonyl (C=O) groups excluding carboxylic acids is 2. The van der Waals surface area contributed by atoms with Crippen LogP contribution in [0.4, 0.5) is 4.79 Å². The van der Waals surface area contributed by atoms with Crippen LogP contribution < -0.4 is 10.6 Å². The highest BCUT2D eigenvalue weighted by atomic mass is 16.4. The molecule has 1 heterocycles. The van der Waals surface area contributed by atoms with Crippen LogP contribution in [0.1, 0.15) is 12.8 Å². The van der Waals surface area contributed by atoms with Gasteiger partial charge in [0, 0.05) is 26.6 Å². The van der Waals surface area contributed by atoms with E-state index in [1.807, 2.05) is 0 Å². The normalized spacial score (nSPS) is 21.4. The Morgan fingerprint density at radius 1 is 1.53 bits per heavy atom. The number of aliphatic hydroxyl groups is 1. The maximum absolute atomic E-state index is 11.7. The second kappa shape index (κ2) is 6.37. The lowest BCUT2D eigenvalue weighted by Crippen LogP contribution is -2.51. The second-order valence-corrected chi connectivity index (χ2v) is 4.75. The van der Waals surface area contributed by atoms with Crippen LogP contribution in [0.25, 0.3) is 0 Å². The van der Waals surface area contributed by atoms with Crippen LogP contribution in [0.3, 0.4) is 0 Å². The lowest BCUT2D eigenvalue weighted by atomic mass is 9.94. The number of aliphatic hydroxyl groups excluding tert-OH is 1. The van der Waals surface area contributed by atoms with Gasteiger partial charge in [-0.25, -0.2) is 4.79 Å². The minimum atomic E-state index is -1.50. The summed E-state index contributed by atoms with van der Waals surface area (Å²) in [4.78, 5) is 35.0. The molecule has 0 spiro atoms. The quantitative estimate of drug-likeness (QED) is 0.491. The van der Waals surface area contributed by atoms with Crippen LogP contribution in [-0.2, 0) is 9.59 Å². The van der Waals surface area contributed by atoms with Crippen molar-refractivity contribution >= 4 is 17.9 Å². The van der Waals surface area contributed by atoms with E-state index in [1.165, 1.54) is 19.0 Å². The third-order valence-electron chi connectivity index (χ3n) is 3.09. The zero-order chi connectivity index (χ0) is 14.6. The van der Waals surface area contributed by atoms with Gasteiger partial charge in [0.15, 0.2) is 6.10 Å². The lowest BCUT2D eigenvalue weighted by molar-refractivity contribution is -0.139. The van der Waals surface area contributed by atoms with E-state index in [9.17, 15) is 19.5 Å². The molecule has 1 fully saturated rings. The summed E-state index contributed by atoms with van der Waals surface area (Å²) in [5.41, 5.74) is 0. The van der Waals surface area contributed by atoms with E-state index in [0.29, 0.717) is 13.0 Å². The zero-order valence-electron chi connectivity index (χ0n) is 10.9. The van der Waals surface area contributed by atoms with Crippen molar-refractivity contribution in [1.29, 1.82) is 0 Å². The van der Waals surface area contributed by atoms with Crippen molar-refractivity contribution in [2.45, 2.75) is 25.0 Å². The molecule has 8 nitrogen and oxygen atoms in total. The molecular formula is C11H19N3O5. The molecule has 3 atom stereocenters. The molecule has 1 aliphatic heterocycles. The van der Waals surface area contributed by atoms with Gasteiger partial charge in [0.2, 0.25) is 5.91 Å². The van der Waals surface area contributed by atoms with Crippen LogP contribution in [-0.4, -0.2) is 65.8 Å². The summed E-state index contributed by atoms with van der Waals surface area (Å²) in [7, 11) is 2.93. The van der Waals surface area contributed by atoms with Gasteiger partial charge < -0.3 is 25.7 Å². The van der Waals surface area contributed by atoms with Gasteiger partial charge in [-0.05, 0) is 12.8 Å². The topological polar surface area (TPSA) is 119 Å². The Hall–Kier alpha value is -1.83. The average molecular weight is 273 g/mol. The lowest BCUT2D eigenvalue weighted by Gasteiger charge is -2.25. The predicted octanol–water partition coefficient (Wildman–Crippen LogP) is -1.40. The maximum atomic E-state index is 11.7. The Morgan fingerprint density at radius 2 is 2.16 bits per heavy atom. The van der Waals surface area contributed by atoms with Gasteiger partial charge >= 0.3 is 6.09 Å². The maximum Gasteiger partial charge on any atom is 0.404 e. The summed E-state index contributed by atoms with van der Waals surface area (Å²) in [5, 5.41) is 23.4. The van der Waals surface area contributed by atoms with E-state index in [4.69, 9.17) is 5.11 Å². The zero-order valence-corrected chi connectivity index (χ0v) is 10.9. The fourth-order valence-corrected chi connectivity index (χ4v) is 2.04. The van der Waals surface area contributed by atoms with Crippen molar-refractivity contribution in [2.24, 2.45) is 5.92 Å². The monoisotopic (exact) mass is 273 g/mol. The van der Waals surface area contributed by atoms with Crippen molar-refractivity contribution in [3.05, 3.63) is 0 Å². The molecule has 19 heavy (non-hydrogen) atoms. The number of rotatable bonds is 5. The van der Waals surface area contributed by atoms with Crippen molar-refractivity contribution in [3.63, 3.8) is 0 Å². The third-order valence-corrected chi connectivity index (χ3v) is 3.09. The molecule has 0 aromatic heterocycles. The van der Waals surface area contributed by atoms with Crippen molar-refractivity contribution in [2.75, 3.05) is 20.6 Å². The summed E-state index contributed by atoms with van der Waals surface area (Å²) in [6.07, 6.45) is -2.17. The number of carbonyl (C=O) groups is 3. The number of hydrogen-bond acceptors (Lipinski definition) is 4. The smallest absolute Gasteiger partial charge is 0.404 e. The molecule has 0 radical (unpaired) electrons. The molecule has 0 aliphatic carbocycles. The Bertz CT molecular complexity index is 371. The standard InChI is InChI=1S/C11H19N3O5/c1-14(2)10(17)8(15)7(13-11(18)19)5-6-3-4-12-9(6)16/h6-8,13,15H,3-5H2,1-2H3,(H,12,16)(H,18,19)/t6?,7-,8?/m0/s1. The van der Waals surface area contributed by atoms with Gasteiger partial charge in [0.05, 0.1) is 6.04 Å². The molecule has 3 amide bonds. The van der Waals surface area contributed by atoms with Crippen LogP contribution in [0.15, 0.2) is 0 Å². The Kier molecular flexibility index (Phi) is 5.11. The van der Waals surface area contributed by atoms with Crippen LogP contribution in [0.5, 0.6) is 0 Å². The van der Waals surface area contributed by atoms with E-state index < -0.39 is 24.1 Å². The molecule has 4 N–H and O–H groups in total. The minimum absolute atomic E-state index is 0.0961. The van der Waals surface area contributed by atoms with E-state index in [-0.39, 0.29) is 18.2 Å². The molecule has 8 heteroatoms. The van der Waals surface area contributed by atoms with Gasteiger partial charge in [-0.3, -0.25) is 9.59 Å². The number of amides is 3. The molecular weight excluding hydrogens is 254 g/mol. The largest absolute Gasteiger partial charge is 0.465 e. The van der Waals surface area contributed by atoms with Crippen molar-refractivity contribution in [1.82, 2.24) is 15.5 Å². The number of nitrogens with one attached hydrogen (secondary N) is 2. The molecule has 2 unspecified atom stereocenters.